The van der Waals surface area contributed by atoms with Gasteiger partial charge in [-0.25, -0.2) is 0 Å². The van der Waals surface area contributed by atoms with Crippen molar-refractivity contribution in [1.82, 2.24) is 15.3 Å². The molecule has 0 aliphatic rings. The summed E-state index contributed by atoms with van der Waals surface area (Å²) in [5.41, 5.74) is 3.67. The molecule has 2 aromatic heterocycles. The molecule has 0 unspecified atom stereocenters. The number of carbonyl (C=O) groups is 1. The molecule has 25 heavy (non-hydrogen) atoms. The molecule has 0 radical (unpaired) electrons. The quantitative estimate of drug-likeness (QED) is 0.753. The molecule has 1 amide bonds. The average molecular weight is 333 g/mol. The van der Waals surface area contributed by atoms with E-state index in [2.05, 4.69) is 15.3 Å². The predicted molar refractivity (Wildman–Crippen MR) is 96.0 cm³/mol. The van der Waals surface area contributed by atoms with E-state index in [1.54, 1.807) is 18.6 Å². The van der Waals surface area contributed by atoms with Crippen LogP contribution < -0.4 is 10.1 Å². The van der Waals surface area contributed by atoms with Crippen LogP contribution in [-0.2, 0) is 11.3 Å². The Hall–Kier alpha value is -3.21. The molecule has 126 valence electrons. The van der Waals surface area contributed by atoms with Gasteiger partial charge < -0.3 is 10.1 Å². The van der Waals surface area contributed by atoms with Gasteiger partial charge in [0.1, 0.15) is 5.75 Å². The van der Waals surface area contributed by atoms with Crippen LogP contribution in [0.15, 0.2) is 67.1 Å². The zero-order chi connectivity index (χ0) is 17.5. The maximum Gasteiger partial charge on any atom is 0.258 e. The second kappa shape index (κ2) is 8.06. The summed E-state index contributed by atoms with van der Waals surface area (Å²) in [5, 5.41) is 2.87. The molecule has 2 heterocycles. The Morgan fingerprint density at radius 2 is 1.92 bits per heavy atom. The highest BCUT2D eigenvalue weighted by atomic mass is 16.5. The van der Waals surface area contributed by atoms with Gasteiger partial charge in [0, 0.05) is 30.7 Å². The summed E-state index contributed by atoms with van der Waals surface area (Å²) >= 11 is 0. The number of aryl methyl sites for hydroxylation is 1. The van der Waals surface area contributed by atoms with Crippen LogP contribution in [0, 0.1) is 6.92 Å². The monoisotopic (exact) mass is 333 g/mol. The molecule has 3 rings (SSSR count). The number of pyridine rings is 2. The summed E-state index contributed by atoms with van der Waals surface area (Å²) in [4.78, 5) is 20.6. The third kappa shape index (κ3) is 4.41. The zero-order valence-electron chi connectivity index (χ0n) is 14.0. The van der Waals surface area contributed by atoms with E-state index in [0.717, 1.165) is 28.1 Å². The Labute approximate surface area is 146 Å². The minimum absolute atomic E-state index is 0.0205. The summed E-state index contributed by atoms with van der Waals surface area (Å²) in [7, 11) is 0. The van der Waals surface area contributed by atoms with Gasteiger partial charge in [-0.05, 0) is 42.3 Å². The standard InChI is InChI=1S/C20H19N3O2/c1-15-6-2-3-9-18(15)25-14-19(24)23-13-17-8-5-11-22-20(17)16-7-4-10-21-12-16/h2-12H,13-14H2,1H3,(H,23,24). The number of para-hydroxylation sites is 1. The first kappa shape index (κ1) is 16.6. The van der Waals surface area contributed by atoms with Gasteiger partial charge in [0.05, 0.1) is 5.69 Å². The molecule has 5 heteroatoms. The van der Waals surface area contributed by atoms with Crippen molar-refractivity contribution in [3.05, 3.63) is 78.2 Å². The molecule has 0 saturated heterocycles. The zero-order valence-corrected chi connectivity index (χ0v) is 14.0. The maximum absolute atomic E-state index is 12.1. The van der Waals surface area contributed by atoms with Crippen LogP contribution in [0.2, 0.25) is 0 Å². The fourth-order valence-corrected chi connectivity index (χ4v) is 2.45. The summed E-state index contributed by atoms with van der Waals surface area (Å²) in [6.07, 6.45) is 5.21. The van der Waals surface area contributed by atoms with Crippen molar-refractivity contribution in [2.45, 2.75) is 13.5 Å². The SMILES string of the molecule is Cc1ccccc1OCC(=O)NCc1cccnc1-c1cccnc1. The summed E-state index contributed by atoms with van der Waals surface area (Å²) in [5.74, 6) is 0.541. The van der Waals surface area contributed by atoms with E-state index in [1.165, 1.54) is 0 Å². The first-order chi connectivity index (χ1) is 12.2. The Balaban J connectivity index is 1.60. The molecule has 0 bridgehead atoms. The molecule has 0 aliphatic heterocycles. The molecule has 0 fully saturated rings. The van der Waals surface area contributed by atoms with E-state index < -0.39 is 0 Å². The Kier molecular flexibility index (Phi) is 5.36. The van der Waals surface area contributed by atoms with Crippen molar-refractivity contribution < 1.29 is 9.53 Å². The Morgan fingerprint density at radius 1 is 1.08 bits per heavy atom. The third-order valence-electron chi connectivity index (χ3n) is 3.75. The van der Waals surface area contributed by atoms with E-state index in [1.807, 2.05) is 55.5 Å². The lowest BCUT2D eigenvalue weighted by atomic mass is 10.1. The number of aromatic nitrogens is 2. The number of benzene rings is 1. The molecule has 0 atom stereocenters. The second-order valence-corrected chi connectivity index (χ2v) is 5.58. The van der Waals surface area contributed by atoms with Crippen molar-refractivity contribution in [3.63, 3.8) is 0 Å². The largest absolute Gasteiger partial charge is 0.484 e. The first-order valence-electron chi connectivity index (χ1n) is 8.03. The highest BCUT2D eigenvalue weighted by molar-refractivity contribution is 5.77. The lowest BCUT2D eigenvalue weighted by Gasteiger charge is -2.11. The molecule has 1 aromatic carbocycles. The molecule has 1 N–H and O–H groups in total. The van der Waals surface area contributed by atoms with Gasteiger partial charge >= 0.3 is 0 Å². The van der Waals surface area contributed by atoms with Crippen molar-refractivity contribution in [2.24, 2.45) is 0 Å². The van der Waals surface area contributed by atoms with E-state index >= 15 is 0 Å². The summed E-state index contributed by atoms with van der Waals surface area (Å²) in [6, 6.07) is 15.2. The van der Waals surface area contributed by atoms with Gasteiger partial charge in [-0.2, -0.15) is 0 Å². The van der Waals surface area contributed by atoms with Crippen molar-refractivity contribution in [2.75, 3.05) is 6.61 Å². The molecular formula is C20H19N3O2. The van der Waals surface area contributed by atoms with Gasteiger partial charge in [-0.1, -0.05) is 24.3 Å². The molecule has 0 spiro atoms. The van der Waals surface area contributed by atoms with Gasteiger partial charge in [-0.3, -0.25) is 14.8 Å². The van der Waals surface area contributed by atoms with Crippen molar-refractivity contribution in [3.8, 4) is 17.0 Å². The molecule has 5 nitrogen and oxygen atoms in total. The van der Waals surface area contributed by atoms with Crippen LogP contribution >= 0.6 is 0 Å². The second-order valence-electron chi connectivity index (χ2n) is 5.58. The van der Waals surface area contributed by atoms with Crippen LogP contribution in [-0.4, -0.2) is 22.5 Å². The van der Waals surface area contributed by atoms with E-state index in [0.29, 0.717) is 6.54 Å². The number of ether oxygens (including phenoxy) is 1. The van der Waals surface area contributed by atoms with Gasteiger partial charge in [0.15, 0.2) is 6.61 Å². The van der Waals surface area contributed by atoms with E-state index in [9.17, 15) is 4.79 Å². The van der Waals surface area contributed by atoms with Crippen molar-refractivity contribution in [1.29, 1.82) is 0 Å². The van der Waals surface area contributed by atoms with Crippen LogP contribution in [0.5, 0.6) is 5.75 Å². The minimum atomic E-state index is -0.177. The molecule has 0 saturated carbocycles. The lowest BCUT2D eigenvalue weighted by Crippen LogP contribution is -2.28. The van der Waals surface area contributed by atoms with E-state index in [4.69, 9.17) is 4.74 Å². The highest BCUT2D eigenvalue weighted by Gasteiger charge is 2.09. The molecule has 3 aromatic rings. The number of nitrogens with zero attached hydrogens (tertiary/aromatic N) is 2. The fourth-order valence-electron chi connectivity index (χ4n) is 2.45. The van der Waals surface area contributed by atoms with Crippen LogP contribution in [0.3, 0.4) is 0 Å². The average Bonchev–Trinajstić information content (AvgIpc) is 2.66. The number of rotatable bonds is 6. The van der Waals surface area contributed by atoms with Gasteiger partial charge in [-0.15, -0.1) is 0 Å². The van der Waals surface area contributed by atoms with Crippen LogP contribution in [0.1, 0.15) is 11.1 Å². The van der Waals surface area contributed by atoms with Crippen molar-refractivity contribution >= 4 is 5.91 Å². The Morgan fingerprint density at radius 3 is 2.72 bits per heavy atom. The Bertz CT molecular complexity index is 850. The van der Waals surface area contributed by atoms with Gasteiger partial charge in [0.2, 0.25) is 0 Å². The first-order valence-corrected chi connectivity index (χ1v) is 8.03. The number of carbonyl (C=O) groups excluding carboxylic acids is 1. The number of nitrogens with one attached hydrogen (secondary N) is 1. The number of hydrogen-bond donors (Lipinski definition) is 1. The minimum Gasteiger partial charge on any atom is -0.484 e. The summed E-state index contributed by atoms with van der Waals surface area (Å²) in [6.45, 7) is 2.31. The van der Waals surface area contributed by atoms with Crippen LogP contribution in [0.25, 0.3) is 11.3 Å². The smallest absolute Gasteiger partial charge is 0.258 e. The third-order valence-corrected chi connectivity index (χ3v) is 3.75. The normalized spacial score (nSPS) is 10.3. The molecular weight excluding hydrogens is 314 g/mol. The highest BCUT2D eigenvalue weighted by Crippen LogP contribution is 2.20. The number of amides is 1. The fraction of sp³-hybridized carbons (Fsp3) is 0.150. The maximum atomic E-state index is 12.1. The van der Waals surface area contributed by atoms with Crippen LogP contribution in [0.4, 0.5) is 0 Å². The molecule has 0 aliphatic carbocycles. The topological polar surface area (TPSA) is 64.1 Å². The van der Waals surface area contributed by atoms with E-state index in [-0.39, 0.29) is 12.5 Å². The summed E-state index contributed by atoms with van der Waals surface area (Å²) < 4.78 is 5.56. The predicted octanol–water partition coefficient (Wildman–Crippen LogP) is 3.15. The van der Waals surface area contributed by atoms with Gasteiger partial charge in [0.25, 0.3) is 5.91 Å². The lowest BCUT2D eigenvalue weighted by molar-refractivity contribution is -0.123. The number of hydrogen-bond acceptors (Lipinski definition) is 4.